The van der Waals surface area contributed by atoms with Crippen molar-refractivity contribution in [2.45, 2.75) is 6.61 Å². The second-order valence-corrected chi connectivity index (χ2v) is 4.99. The molecule has 2 aromatic rings. The molecule has 0 unspecified atom stereocenters. The van der Waals surface area contributed by atoms with E-state index in [9.17, 15) is 13.6 Å². The van der Waals surface area contributed by atoms with Crippen LogP contribution in [0.4, 0.5) is 14.5 Å². The maximum atomic E-state index is 14.3. The van der Waals surface area contributed by atoms with Gasteiger partial charge in [0.05, 0.1) is 17.3 Å². The van der Waals surface area contributed by atoms with Crippen LogP contribution in [0.15, 0.2) is 12.1 Å². The van der Waals surface area contributed by atoms with Gasteiger partial charge in [-0.25, -0.2) is 18.6 Å². The van der Waals surface area contributed by atoms with Crippen molar-refractivity contribution >= 4 is 34.9 Å². The molecule has 0 amide bonds. The van der Waals surface area contributed by atoms with Crippen LogP contribution in [0.25, 0.3) is 11.3 Å². The lowest BCUT2D eigenvalue weighted by atomic mass is 10.0. The van der Waals surface area contributed by atoms with Crippen LogP contribution in [0.1, 0.15) is 16.1 Å². The van der Waals surface area contributed by atoms with Crippen LogP contribution in [0.2, 0.25) is 10.0 Å². The summed E-state index contributed by atoms with van der Waals surface area (Å²) in [5.41, 5.74) is 2.73. The SMILES string of the molecule is Nc1c(F)c(-c2ccc(Cl)c(CO)c2F)nc(C(=O)O)c1Cl. The number of carbonyl (C=O) groups is 1. The molecule has 1 aromatic carbocycles. The number of aromatic carboxylic acids is 1. The fourth-order valence-corrected chi connectivity index (χ4v) is 2.22. The van der Waals surface area contributed by atoms with Crippen molar-refractivity contribution in [2.24, 2.45) is 0 Å². The summed E-state index contributed by atoms with van der Waals surface area (Å²) in [6.07, 6.45) is 0. The first-order chi connectivity index (χ1) is 10.3. The number of rotatable bonds is 3. The number of nitrogens with two attached hydrogens (primary N) is 1. The molecule has 1 heterocycles. The average Bonchev–Trinajstić information content (AvgIpc) is 2.46. The predicted molar refractivity (Wildman–Crippen MR) is 76.9 cm³/mol. The molecule has 9 heteroatoms. The van der Waals surface area contributed by atoms with E-state index in [4.69, 9.17) is 39.1 Å². The molecule has 116 valence electrons. The number of nitrogens with zero attached hydrogens (tertiary/aromatic N) is 1. The third-order valence-electron chi connectivity index (χ3n) is 2.91. The van der Waals surface area contributed by atoms with Gasteiger partial charge >= 0.3 is 5.97 Å². The summed E-state index contributed by atoms with van der Waals surface area (Å²) < 4.78 is 28.5. The Morgan fingerprint density at radius 3 is 2.45 bits per heavy atom. The molecular weight excluding hydrogens is 341 g/mol. The Hall–Kier alpha value is -1.96. The number of anilines is 1. The van der Waals surface area contributed by atoms with Gasteiger partial charge in [0.2, 0.25) is 0 Å². The topological polar surface area (TPSA) is 96.4 Å². The molecule has 22 heavy (non-hydrogen) atoms. The van der Waals surface area contributed by atoms with Crippen molar-refractivity contribution in [3.8, 4) is 11.3 Å². The van der Waals surface area contributed by atoms with E-state index in [1.165, 1.54) is 6.07 Å². The van der Waals surface area contributed by atoms with Gasteiger partial charge in [0.25, 0.3) is 0 Å². The highest BCUT2D eigenvalue weighted by Crippen LogP contribution is 2.35. The van der Waals surface area contributed by atoms with Crippen LogP contribution in [0, 0.1) is 11.6 Å². The molecule has 0 bridgehead atoms. The first kappa shape index (κ1) is 16.4. The Kier molecular flexibility index (Phi) is 4.50. The van der Waals surface area contributed by atoms with Crippen LogP contribution in [0.5, 0.6) is 0 Å². The predicted octanol–water partition coefficient (Wildman–Crippen LogP) is 3.11. The summed E-state index contributed by atoms with van der Waals surface area (Å²) >= 11 is 11.3. The lowest BCUT2D eigenvalue weighted by Crippen LogP contribution is -2.09. The van der Waals surface area contributed by atoms with E-state index in [0.29, 0.717) is 0 Å². The molecule has 0 atom stereocenters. The van der Waals surface area contributed by atoms with E-state index in [0.717, 1.165) is 6.07 Å². The molecule has 0 aliphatic heterocycles. The van der Waals surface area contributed by atoms with E-state index >= 15 is 0 Å². The van der Waals surface area contributed by atoms with Crippen molar-refractivity contribution in [3.05, 3.63) is 45.1 Å². The number of carboxylic acid groups (broad SMARTS) is 1. The van der Waals surface area contributed by atoms with E-state index in [1.807, 2.05) is 0 Å². The zero-order valence-electron chi connectivity index (χ0n) is 10.7. The fourth-order valence-electron chi connectivity index (χ4n) is 1.81. The maximum Gasteiger partial charge on any atom is 0.356 e. The first-order valence-corrected chi connectivity index (χ1v) is 6.51. The zero-order chi connectivity index (χ0) is 16.6. The summed E-state index contributed by atoms with van der Waals surface area (Å²) in [6.45, 7) is -0.727. The van der Waals surface area contributed by atoms with Gasteiger partial charge in [0.1, 0.15) is 11.5 Å². The van der Waals surface area contributed by atoms with Crippen molar-refractivity contribution < 1.29 is 23.8 Å². The number of hydrogen-bond acceptors (Lipinski definition) is 4. The van der Waals surface area contributed by atoms with Crippen molar-refractivity contribution in [1.29, 1.82) is 0 Å². The summed E-state index contributed by atoms with van der Waals surface area (Å²) in [5, 5.41) is 17.4. The molecule has 2 rings (SSSR count). The number of benzene rings is 1. The van der Waals surface area contributed by atoms with Crippen LogP contribution < -0.4 is 5.73 Å². The summed E-state index contributed by atoms with van der Waals surface area (Å²) in [7, 11) is 0. The summed E-state index contributed by atoms with van der Waals surface area (Å²) in [5.74, 6) is -3.74. The molecule has 1 aromatic heterocycles. The number of carboxylic acids is 1. The molecule has 0 saturated carbocycles. The molecule has 0 aliphatic rings. The molecular formula is C13H8Cl2F2N2O3. The highest BCUT2D eigenvalue weighted by molar-refractivity contribution is 6.35. The number of aliphatic hydroxyl groups excluding tert-OH is 1. The third-order valence-corrected chi connectivity index (χ3v) is 3.65. The van der Waals surface area contributed by atoms with Gasteiger partial charge in [-0.05, 0) is 12.1 Å². The Labute approximate surface area is 132 Å². The van der Waals surface area contributed by atoms with Gasteiger partial charge < -0.3 is 15.9 Å². The van der Waals surface area contributed by atoms with Crippen LogP contribution in [-0.2, 0) is 6.61 Å². The number of halogens is 4. The lowest BCUT2D eigenvalue weighted by Gasteiger charge is -2.12. The largest absolute Gasteiger partial charge is 0.476 e. The van der Waals surface area contributed by atoms with E-state index in [2.05, 4.69) is 4.98 Å². The third kappa shape index (κ3) is 2.58. The number of aromatic nitrogens is 1. The Morgan fingerprint density at radius 2 is 1.91 bits per heavy atom. The number of nitrogen functional groups attached to an aromatic ring is 1. The van der Waals surface area contributed by atoms with E-state index in [1.54, 1.807) is 0 Å². The molecule has 0 saturated heterocycles. The van der Waals surface area contributed by atoms with Gasteiger partial charge in [-0.3, -0.25) is 0 Å². The monoisotopic (exact) mass is 348 g/mol. The van der Waals surface area contributed by atoms with Gasteiger partial charge in [-0.1, -0.05) is 23.2 Å². The molecule has 0 fully saturated rings. The second-order valence-electron chi connectivity index (χ2n) is 4.20. The fraction of sp³-hybridized carbons (Fsp3) is 0.0769. The normalized spacial score (nSPS) is 10.8. The zero-order valence-corrected chi connectivity index (χ0v) is 12.2. The minimum absolute atomic E-state index is 0.0652. The summed E-state index contributed by atoms with van der Waals surface area (Å²) in [6, 6.07) is 2.32. The maximum absolute atomic E-state index is 14.3. The van der Waals surface area contributed by atoms with Gasteiger partial charge in [0, 0.05) is 16.1 Å². The van der Waals surface area contributed by atoms with Crippen molar-refractivity contribution in [2.75, 3.05) is 5.73 Å². The first-order valence-electron chi connectivity index (χ1n) is 5.75. The summed E-state index contributed by atoms with van der Waals surface area (Å²) in [4.78, 5) is 14.6. The number of hydrogen-bond donors (Lipinski definition) is 3. The van der Waals surface area contributed by atoms with E-state index in [-0.39, 0.29) is 10.6 Å². The minimum Gasteiger partial charge on any atom is -0.476 e. The van der Waals surface area contributed by atoms with Crippen molar-refractivity contribution in [3.63, 3.8) is 0 Å². The van der Waals surface area contributed by atoms with Crippen LogP contribution in [0.3, 0.4) is 0 Å². The molecule has 0 radical (unpaired) electrons. The van der Waals surface area contributed by atoms with Gasteiger partial charge in [0.15, 0.2) is 11.5 Å². The second kappa shape index (κ2) is 6.04. The smallest absolute Gasteiger partial charge is 0.356 e. The lowest BCUT2D eigenvalue weighted by molar-refractivity contribution is 0.0691. The Balaban J connectivity index is 2.81. The van der Waals surface area contributed by atoms with Crippen LogP contribution in [-0.4, -0.2) is 21.2 Å². The Morgan fingerprint density at radius 1 is 1.27 bits per heavy atom. The number of pyridine rings is 1. The van der Waals surface area contributed by atoms with E-state index < -0.39 is 51.9 Å². The molecule has 0 spiro atoms. The standard InChI is InChI=1S/C13H8Cl2F2N2O3/c14-6-2-1-4(8(16)5(6)3-20)11-9(17)10(18)7(15)12(19-11)13(21)22/h1-2,20H,3H2,(H2,18,19)(H,21,22). The van der Waals surface area contributed by atoms with Gasteiger partial charge in [-0.15, -0.1) is 0 Å². The average molecular weight is 349 g/mol. The highest BCUT2D eigenvalue weighted by Gasteiger charge is 2.24. The highest BCUT2D eigenvalue weighted by atomic mass is 35.5. The van der Waals surface area contributed by atoms with Crippen LogP contribution >= 0.6 is 23.2 Å². The number of aliphatic hydroxyl groups is 1. The minimum atomic E-state index is -1.55. The Bertz CT molecular complexity index is 785. The quantitative estimate of drug-likeness (QED) is 0.791. The molecule has 0 aliphatic carbocycles. The van der Waals surface area contributed by atoms with Gasteiger partial charge in [-0.2, -0.15) is 0 Å². The van der Waals surface area contributed by atoms with Crippen molar-refractivity contribution in [1.82, 2.24) is 4.98 Å². The molecule has 4 N–H and O–H groups in total. The molecule has 5 nitrogen and oxygen atoms in total.